The molecule has 0 saturated heterocycles. The summed E-state index contributed by atoms with van der Waals surface area (Å²) in [4.78, 5) is 28.3. The molecule has 0 atom stereocenters. The van der Waals surface area contributed by atoms with E-state index in [2.05, 4.69) is 83.8 Å². The van der Waals surface area contributed by atoms with Crippen LogP contribution >= 0.6 is 11.3 Å². The largest absolute Gasteiger partial charge is 0.290 e. The van der Waals surface area contributed by atoms with Crippen molar-refractivity contribution in [1.29, 1.82) is 0 Å². The third-order valence-electron chi connectivity index (χ3n) is 26.5. The van der Waals surface area contributed by atoms with Crippen molar-refractivity contribution in [2.75, 3.05) is 0 Å². The van der Waals surface area contributed by atoms with Crippen LogP contribution in [-0.4, -0.2) is 76.9 Å². The lowest BCUT2D eigenvalue weighted by molar-refractivity contribution is 0.593. The van der Waals surface area contributed by atoms with E-state index >= 15 is 0 Å². The van der Waals surface area contributed by atoms with E-state index in [1.54, 1.807) is 72.3 Å². The zero-order chi connectivity index (χ0) is 96.4. The van der Waals surface area contributed by atoms with Crippen molar-refractivity contribution in [3.8, 4) is 156 Å². The van der Waals surface area contributed by atoms with Crippen LogP contribution in [0.5, 0.6) is 0 Å². The Morgan fingerprint density at radius 3 is 0.699 bits per heavy atom. The highest BCUT2D eigenvalue weighted by Gasteiger charge is 2.42. The molecule has 0 unspecified atom stereocenters. The smallest absolute Gasteiger partial charge is 0.211 e. The quantitative estimate of drug-likeness (QED) is 0.111. The van der Waals surface area contributed by atoms with Gasteiger partial charge in [0.1, 0.15) is 42.9 Å². The van der Waals surface area contributed by atoms with Gasteiger partial charge in [-0.15, -0.1) is 11.3 Å². The Morgan fingerprint density at radius 2 is 0.406 bits per heavy atom. The standard InChI is InChI=1S/C37H24N2O2S.C35H22N2O2S2.C25H16N2O2S.C24H15N3O2S/c40-42(41)34-21-11-19-32-35(34)39(37(38-32)27-16-8-3-9-17-27)33-20-10-18-31(36(33)42)30-23-28(25-12-4-1-5-13-25)22-29(24-30)26-14-6-2-7-15-26;38-41(39)32-16-8-14-28-33(32)37(35(36-28)26-11-5-2-6-12-26)29-15-7-13-27(34(29)41)23-17-19-25(20-18-23)31-22-21-30(40-31)24-9-3-1-4-10-24;28-30(29)22-16-8-14-20-23(22)27(25(26-20)18-11-5-2-6-12-18)21-15-7-13-19(24(21)30)17-9-3-1-4-10-17;28-30(29)21-11-5-9-19-22(21)27(24(26-19)17-6-2-1-3-7-17)20-10-4-8-18(23(20)30)16-12-14-25-15-13-16/h1-24H;1-22H;1-16H;1-15H. The minimum Gasteiger partial charge on any atom is -0.290 e. The zero-order valence-electron chi connectivity index (χ0n) is 75.8. The van der Waals surface area contributed by atoms with Gasteiger partial charge in [-0.05, 0) is 171 Å². The number of pyridine rings is 1. The fraction of sp³-hybridized carbons (Fsp3) is 0. The molecule has 0 fully saturated rings. The normalized spacial score (nSPS) is 13.5. The summed E-state index contributed by atoms with van der Waals surface area (Å²) in [7, 11) is -15.1. The highest BCUT2D eigenvalue weighted by Crippen LogP contribution is 2.53. The van der Waals surface area contributed by atoms with Gasteiger partial charge in [-0.3, -0.25) is 23.3 Å². The fourth-order valence-corrected chi connectivity index (χ4v) is 28.6. The number of imidazole rings is 4. The molecule has 10 heterocycles. The predicted octanol–water partition coefficient (Wildman–Crippen LogP) is 28.1. The van der Waals surface area contributed by atoms with E-state index in [9.17, 15) is 33.7 Å². The van der Waals surface area contributed by atoms with Gasteiger partial charge in [0.25, 0.3) is 0 Å². The third-order valence-corrected chi connectivity index (χ3v) is 35.2. The lowest BCUT2D eigenvalue weighted by Crippen LogP contribution is -2.16. The number of hydrogen-bond donors (Lipinski definition) is 0. The molecule has 0 bridgehead atoms. The van der Waals surface area contributed by atoms with Gasteiger partial charge in [0.2, 0.25) is 39.3 Å². The molecule has 4 aliphatic heterocycles. The number of nitrogens with zero attached hydrogens (tertiary/aromatic N) is 9. The van der Waals surface area contributed by atoms with Crippen LogP contribution in [0.4, 0.5) is 0 Å². The Labute approximate surface area is 827 Å². The van der Waals surface area contributed by atoms with Crippen molar-refractivity contribution in [2.45, 2.75) is 39.2 Å². The molecule has 18 aromatic carbocycles. The van der Waals surface area contributed by atoms with Gasteiger partial charge >= 0.3 is 0 Å². The van der Waals surface area contributed by atoms with Crippen LogP contribution in [0.15, 0.2) is 507 Å². The predicted molar refractivity (Wildman–Crippen MR) is 567 cm³/mol. The van der Waals surface area contributed by atoms with Crippen molar-refractivity contribution in [3.63, 3.8) is 0 Å². The second kappa shape index (κ2) is 34.8. The van der Waals surface area contributed by atoms with E-state index in [1.165, 1.54) is 15.3 Å². The Kier molecular flexibility index (Phi) is 21.2. The number of sulfone groups is 4. The van der Waals surface area contributed by atoms with Crippen LogP contribution in [0.1, 0.15) is 0 Å². The molecule has 6 aromatic heterocycles. The number of hydrogen-bond acceptors (Lipinski definition) is 14. The molecule has 24 aromatic rings. The summed E-state index contributed by atoms with van der Waals surface area (Å²) in [5, 5.41) is 0. The van der Waals surface area contributed by atoms with E-state index in [-0.39, 0.29) is 14.7 Å². The van der Waals surface area contributed by atoms with Gasteiger partial charge in [-0.2, -0.15) is 0 Å². The van der Waals surface area contributed by atoms with E-state index in [1.807, 2.05) is 346 Å². The van der Waals surface area contributed by atoms with Crippen molar-refractivity contribution >= 4 is 94.8 Å². The first kappa shape index (κ1) is 87.0. The van der Waals surface area contributed by atoms with Crippen molar-refractivity contribution in [1.82, 2.24) is 43.2 Å². The summed E-state index contributed by atoms with van der Waals surface area (Å²) in [5.74, 6) is 2.90. The van der Waals surface area contributed by atoms with Crippen LogP contribution in [0, 0.1) is 0 Å². The van der Waals surface area contributed by atoms with Gasteiger partial charge in [0.05, 0.1) is 86.5 Å². The lowest BCUT2D eigenvalue weighted by Gasteiger charge is -2.24. The number of rotatable bonds is 12. The van der Waals surface area contributed by atoms with Gasteiger partial charge in [0.15, 0.2) is 0 Å². The maximum Gasteiger partial charge on any atom is 0.211 e. The van der Waals surface area contributed by atoms with Gasteiger partial charge in [0, 0.05) is 66.7 Å². The van der Waals surface area contributed by atoms with E-state index in [0.29, 0.717) is 114 Å². The van der Waals surface area contributed by atoms with Crippen molar-refractivity contribution in [3.05, 3.63) is 467 Å². The first-order chi connectivity index (χ1) is 70.0. The second-order valence-electron chi connectivity index (χ2n) is 34.9. The number of thiophene rings is 1. The van der Waals surface area contributed by atoms with Gasteiger partial charge < -0.3 is 0 Å². The van der Waals surface area contributed by atoms with E-state index in [4.69, 9.17) is 19.9 Å². The minimum atomic E-state index is -3.87. The molecule has 22 heteroatoms. The fourth-order valence-electron chi connectivity index (χ4n) is 20.2. The second-order valence-corrected chi connectivity index (χ2v) is 43.4. The van der Waals surface area contributed by atoms with Crippen LogP contribution < -0.4 is 0 Å². The molecule has 0 aliphatic carbocycles. The molecule has 28 rings (SSSR count). The summed E-state index contributed by atoms with van der Waals surface area (Å²) in [6, 6.07) is 146. The van der Waals surface area contributed by atoms with E-state index < -0.39 is 39.3 Å². The molecule has 0 saturated carbocycles. The molecule has 0 radical (unpaired) electrons. The number of benzene rings is 18. The maximum atomic E-state index is 14.5. The molecule has 0 amide bonds. The van der Waals surface area contributed by atoms with E-state index in [0.717, 1.165) is 95.6 Å². The number of aromatic nitrogens is 9. The monoisotopic (exact) mass is 1940 g/mol. The third kappa shape index (κ3) is 14.6. The maximum absolute atomic E-state index is 14.5. The minimum absolute atomic E-state index is 0.275. The van der Waals surface area contributed by atoms with Gasteiger partial charge in [-0.1, -0.05) is 340 Å². The molecule has 17 nitrogen and oxygen atoms in total. The summed E-state index contributed by atoms with van der Waals surface area (Å²) in [6.45, 7) is 0. The number of para-hydroxylation sites is 4. The SMILES string of the molecule is O=S1(=O)c2c(-c3cc(-c4ccccc4)cc(-c4ccccc4)c3)cccc2-n2c(-c3ccccc3)nc3cccc1c32.O=S1(=O)c2c(-c3ccc(-c4ccc(-c5ccccc5)s4)cc3)cccc2-n2c(-c3ccccc3)nc3cccc1c32.O=S1(=O)c2c(-c3ccccc3)cccc2-n2c(-c3ccccc3)nc3cccc1c32.O=S1(=O)c2c(-c3ccncc3)cccc2-n2c(-c3ccccc3)nc3cccc1c32. The molecule has 143 heavy (non-hydrogen) atoms. The van der Waals surface area contributed by atoms with Crippen molar-refractivity contribution < 1.29 is 33.7 Å². The highest BCUT2D eigenvalue weighted by atomic mass is 32.2. The number of fused-ring (bicyclic) bond motifs is 8. The average Bonchev–Trinajstić information content (AvgIpc) is 1.61. The van der Waals surface area contributed by atoms with Crippen LogP contribution in [-0.2, 0) is 39.3 Å². The Hall–Kier alpha value is -17.5. The van der Waals surface area contributed by atoms with Crippen LogP contribution in [0.3, 0.4) is 0 Å². The molecule has 684 valence electrons. The summed E-state index contributed by atoms with van der Waals surface area (Å²) < 4.78 is 120. The molecule has 0 spiro atoms. The van der Waals surface area contributed by atoms with Crippen molar-refractivity contribution in [2.24, 2.45) is 0 Å². The lowest BCUT2D eigenvalue weighted by atomic mass is 9.93. The topological polar surface area (TPSA) is 221 Å². The van der Waals surface area contributed by atoms with Gasteiger partial charge in [-0.25, -0.2) is 53.6 Å². The molecular weight excluding hydrogens is 1870 g/mol. The Bertz CT molecular complexity index is 9450. The Morgan fingerprint density at radius 1 is 0.182 bits per heavy atom. The van der Waals surface area contributed by atoms with Crippen LogP contribution in [0.2, 0.25) is 0 Å². The van der Waals surface area contributed by atoms with Crippen LogP contribution in [0.25, 0.3) is 200 Å². The summed E-state index contributed by atoms with van der Waals surface area (Å²) in [5.41, 5.74) is 23.9. The molecule has 0 N–H and O–H groups in total. The molecular formula is C121H77N9O8S5. The first-order valence-electron chi connectivity index (χ1n) is 46.3. The Balaban J connectivity index is 0.000000101. The summed E-state index contributed by atoms with van der Waals surface area (Å²) >= 11 is 1.75. The first-order valence-corrected chi connectivity index (χ1v) is 53.1. The average molecular weight is 1950 g/mol. The summed E-state index contributed by atoms with van der Waals surface area (Å²) in [6.07, 6.45) is 3.34. The zero-order valence-corrected chi connectivity index (χ0v) is 79.9. The molecule has 4 aliphatic rings. The highest BCUT2D eigenvalue weighted by molar-refractivity contribution is 7.93.